The van der Waals surface area contributed by atoms with Gasteiger partial charge in [0.2, 0.25) is 0 Å². The standard InChI is InChI=1S/C17H18FNO2/c1-17(2,3)12-8-4-5-10-14(12)19-15-11(16(20)21)7-6-9-13(15)18/h4-10,19H,1-3H3,(H,20,21). The van der Waals surface area contributed by atoms with Gasteiger partial charge in [0.05, 0.1) is 11.3 Å². The van der Waals surface area contributed by atoms with E-state index in [9.17, 15) is 14.3 Å². The zero-order valence-corrected chi connectivity index (χ0v) is 12.3. The molecule has 0 atom stereocenters. The summed E-state index contributed by atoms with van der Waals surface area (Å²) in [6.07, 6.45) is 0. The highest BCUT2D eigenvalue weighted by molar-refractivity contribution is 5.95. The van der Waals surface area contributed by atoms with Gasteiger partial charge in [0, 0.05) is 5.69 Å². The smallest absolute Gasteiger partial charge is 0.337 e. The van der Waals surface area contributed by atoms with Crippen LogP contribution in [-0.2, 0) is 5.41 Å². The summed E-state index contributed by atoms with van der Waals surface area (Å²) in [5.74, 6) is -1.75. The van der Waals surface area contributed by atoms with Crippen molar-refractivity contribution in [1.29, 1.82) is 0 Å². The number of halogens is 1. The number of benzene rings is 2. The summed E-state index contributed by atoms with van der Waals surface area (Å²) in [6.45, 7) is 6.15. The molecule has 21 heavy (non-hydrogen) atoms. The van der Waals surface area contributed by atoms with Crippen molar-refractivity contribution in [2.24, 2.45) is 0 Å². The molecule has 0 fully saturated rings. The van der Waals surface area contributed by atoms with Crippen molar-refractivity contribution in [3.05, 3.63) is 59.4 Å². The molecular weight excluding hydrogens is 269 g/mol. The van der Waals surface area contributed by atoms with Gasteiger partial charge in [-0.15, -0.1) is 0 Å². The normalized spacial score (nSPS) is 11.2. The lowest BCUT2D eigenvalue weighted by atomic mass is 9.85. The minimum atomic E-state index is -1.16. The maximum Gasteiger partial charge on any atom is 0.337 e. The zero-order chi connectivity index (χ0) is 15.6. The van der Waals surface area contributed by atoms with Gasteiger partial charge in [-0.25, -0.2) is 9.18 Å². The number of nitrogens with one attached hydrogen (secondary N) is 1. The number of rotatable bonds is 3. The van der Waals surface area contributed by atoms with Crippen LogP contribution in [0.1, 0.15) is 36.7 Å². The van der Waals surface area contributed by atoms with E-state index in [0.29, 0.717) is 5.69 Å². The summed E-state index contributed by atoms with van der Waals surface area (Å²) in [4.78, 5) is 11.2. The average molecular weight is 287 g/mol. The van der Waals surface area contributed by atoms with Crippen LogP contribution in [0.3, 0.4) is 0 Å². The summed E-state index contributed by atoms with van der Waals surface area (Å²) in [6, 6.07) is 11.5. The lowest BCUT2D eigenvalue weighted by Crippen LogP contribution is -2.14. The molecule has 0 aliphatic rings. The second-order valence-corrected chi connectivity index (χ2v) is 5.89. The van der Waals surface area contributed by atoms with Gasteiger partial charge < -0.3 is 10.4 Å². The van der Waals surface area contributed by atoms with Crippen LogP contribution >= 0.6 is 0 Å². The van der Waals surface area contributed by atoms with Gasteiger partial charge in [-0.1, -0.05) is 45.0 Å². The lowest BCUT2D eigenvalue weighted by molar-refractivity contribution is 0.0697. The molecule has 0 aromatic heterocycles. The van der Waals surface area contributed by atoms with Crippen LogP contribution in [0.4, 0.5) is 15.8 Å². The Labute approximate surface area is 123 Å². The van der Waals surface area contributed by atoms with Crippen molar-refractivity contribution in [2.45, 2.75) is 26.2 Å². The number of carboxylic acid groups (broad SMARTS) is 1. The van der Waals surface area contributed by atoms with Crippen LogP contribution < -0.4 is 5.32 Å². The molecule has 0 saturated carbocycles. The molecule has 0 aliphatic carbocycles. The molecule has 110 valence electrons. The van der Waals surface area contributed by atoms with Crippen LogP contribution in [0.2, 0.25) is 0 Å². The molecule has 2 aromatic rings. The quantitative estimate of drug-likeness (QED) is 0.869. The lowest BCUT2D eigenvalue weighted by Gasteiger charge is -2.24. The number of hydrogen-bond acceptors (Lipinski definition) is 2. The summed E-state index contributed by atoms with van der Waals surface area (Å²) in [5.41, 5.74) is 1.46. The third kappa shape index (κ3) is 3.21. The third-order valence-corrected chi connectivity index (χ3v) is 3.24. The van der Waals surface area contributed by atoms with Gasteiger partial charge in [0.15, 0.2) is 0 Å². The number of anilines is 2. The molecule has 0 bridgehead atoms. The second-order valence-electron chi connectivity index (χ2n) is 5.89. The summed E-state index contributed by atoms with van der Waals surface area (Å²) in [5, 5.41) is 12.1. The van der Waals surface area contributed by atoms with E-state index in [1.54, 1.807) is 0 Å². The minimum absolute atomic E-state index is 0.0123. The number of hydrogen-bond donors (Lipinski definition) is 2. The minimum Gasteiger partial charge on any atom is -0.478 e. The van der Waals surface area contributed by atoms with Gasteiger partial charge in [0.1, 0.15) is 5.82 Å². The molecule has 2 aromatic carbocycles. The molecule has 3 nitrogen and oxygen atoms in total. The van der Waals surface area contributed by atoms with Crippen molar-refractivity contribution in [1.82, 2.24) is 0 Å². The van der Waals surface area contributed by atoms with Crippen LogP contribution in [0.5, 0.6) is 0 Å². The van der Waals surface area contributed by atoms with Crippen LogP contribution in [-0.4, -0.2) is 11.1 Å². The number of para-hydroxylation sites is 2. The fraction of sp³-hybridized carbons (Fsp3) is 0.235. The first-order chi connectivity index (χ1) is 9.80. The fourth-order valence-electron chi connectivity index (χ4n) is 2.21. The molecule has 2 N–H and O–H groups in total. The Bertz CT molecular complexity index is 675. The Morgan fingerprint density at radius 3 is 2.38 bits per heavy atom. The Morgan fingerprint density at radius 2 is 1.76 bits per heavy atom. The Morgan fingerprint density at radius 1 is 1.10 bits per heavy atom. The van der Waals surface area contributed by atoms with Crippen molar-refractivity contribution in [3.63, 3.8) is 0 Å². The molecular formula is C17H18FNO2. The SMILES string of the molecule is CC(C)(C)c1ccccc1Nc1c(F)cccc1C(=O)O. The summed E-state index contributed by atoms with van der Waals surface area (Å²) >= 11 is 0. The first kappa shape index (κ1) is 15.0. The monoisotopic (exact) mass is 287 g/mol. The first-order valence-electron chi connectivity index (χ1n) is 6.69. The molecule has 4 heteroatoms. The highest BCUT2D eigenvalue weighted by Gasteiger charge is 2.20. The van der Waals surface area contributed by atoms with E-state index in [2.05, 4.69) is 5.32 Å². The molecule has 0 amide bonds. The largest absolute Gasteiger partial charge is 0.478 e. The fourth-order valence-corrected chi connectivity index (χ4v) is 2.21. The Balaban J connectivity index is 2.52. The highest BCUT2D eigenvalue weighted by Crippen LogP contribution is 2.33. The van der Waals surface area contributed by atoms with E-state index in [-0.39, 0.29) is 16.7 Å². The maximum absolute atomic E-state index is 14.0. The van der Waals surface area contributed by atoms with Gasteiger partial charge in [0.25, 0.3) is 0 Å². The molecule has 0 radical (unpaired) electrons. The molecule has 2 rings (SSSR count). The Kier molecular flexibility index (Phi) is 3.98. The van der Waals surface area contributed by atoms with Gasteiger partial charge in [-0.05, 0) is 29.2 Å². The first-order valence-corrected chi connectivity index (χ1v) is 6.69. The number of aromatic carboxylic acids is 1. The summed E-state index contributed by atoms with van der Waals surface area (Å²) in [7, 11) is 0. The van der Waals surface area contributed by atoms with Gasteiger partial charge in [-0.2, -0.15) is 0 Å². The second kappa shape index (κ2) is 5.56. The Hall–Kier alpha value is -2.36. The van der Waals surface area contributed by atoms with Crippen LogP contribution in [0, 0.1) is 5.82 Å². The van der Waals surface area contributed by atoms with Crippen molar-refractivity contribution < 1.29 is 14.3 Å². The van der Waals surface area contributed by atoms with Gasteiger partial charge in [-0.3, -0.25) is 0 Å². The van der Waals surface area contributed by atoms with Crippen molar-refractivity contribution in [3.8, 4) is 0 Å². The number of carboxylic acids is 1. The molecule has 0 saturated heterocycles. The van der Waals surface area contributed by atoms with E-state index in [1.165, 1.54) is 18.2 Å². The predicted molar refractivity (Wildman–Crippen MR) is 81.8 cm³/mol. The molecule has 0 unspecified atom stereocenters. The van der Waals surface area contributed by atoms with Crippen molar-refractivity contribution in [2.75, 3.05) is 5.32 Å². The predicted octanol–water partition coefficient (Wildman–Crippen LogP) is 4.57. The zero-order valence-electron chi connectivity index (χ0n) is 12.3. The van der Waals surface area contributed by atoms with Crippen molar-refractivity contribution >= 4 is 17.3 Å². The number of carbonyl (C=O) groups is 1. The van der Waals surface area contributed by atoms with Crippen LogP contribution in [0.15, 0.2) is 42.5 Å². The van der Waals surface area contributed by atoms with E-state index < -0.39 is 11.8 Å². The van der Waals surface area contributed by atoms with E-state index in [4.69, 9.17) is 0 Å². The molecule has 0 spiro atoms. The van der Waals surface area contributed by atoms with Gasteiger partial charge >= 0.3 is 5.97 Å². The van der Waals surface area contributed by atoms with E-state index in [0.717, 1.165) is 5.56 Å². The highest BCUT2D eigenvalue weighted by atomic mass is 19.1. The maximum atomic E-state index is 14.0. The van der Waals surface area contributed by atoms with Crippen LogP contribution in [0.25, 0.3) is 0 Å². The topological polar surface area (TPSA) is 49.3 Å². The molecule has 0 heterocycles. The van der Waals surface area contributed by atoms with E-state index in [1.807, 2.05) is 45.0 Å². The van der Waals surface area contributed by atoms with E-state index >= 15 is 0 Å². The summed E-state index contributed by atoms with van der Waals surface area (Å²) < 4.78 is 14.0. The average Bonchev–Trinajstić information content (AvgIpc) is 2.40. The third-order valence-electron chi connectivity index (χ3n) is 3.24. The molecule has 0 aliphatic heterocycles.